The Labute approximate surface area is 164 Å². The summed E-state index contributed by atoms with van der Waals surface area (Å²) in [6.07, 6.45) is 3.68. The van der Waals surface area contributed by atoms with E-state index in [1.165, 1.54) is 0 Å². The van der Waals surface area contributed by atoms with E-state index in [9.17, 15) is 9.59 Å². The summed E-state index contributed by atoms with van der Waals surface area (Å²) in [6, 6.07) is 8.92. The largest absolute Gasteiger partial charge is 0.497 e. The Balaban J connectivity index is 1.64. The first-order valence-corrected chi connectivity index (χ1v) is 9.47. The van der Waals surface area contributed by atoms with E-state index in [2.05, 4.69) is 5.32 Å². The number of nitrogens with zero attached hydrogens (tertiary/aromatic N) is 1. The number of rotatable bonds is 7. The Kier molecular flexibility index (Phi) is 6.57. The van der Waals surface area contributed by atoms with Gasteiger partial charge in [0.1, 0.15) is 23.4 Å². The van der Waals surface area contributed by atoms with E-state index >= 15 is 0 Å². The fourth-order valence-electron chi connectivity index (χ4n) is 3.23. The van der Waals surface area contributed by atoms with Crippen LogP contribution in [0.2, 0.25) is 0 Å². The molecule has 3 rings (SSSR count). The van der Waals surface area contributed by atoms with Crippen LogP contribution in [0.1, 0.15) is 35.9 Å². The number of nitrogens with one attached hydrogen (secondary N) is 1. The maximum atomic E-state index is 12.7. The van der Waals surface area contributed by atoms with Crippen molar-refractivity contribution in [3.05, 3.63) is 47.9 Å². The van der Waals surface area contributed by atoms with Crippen molar-refractivity contribution in [2.24, 2.45) is 0 Å². The molecule has 0 unspecified atom stereocenters. The van der Waals surface area contributed by atoms with Gasteiger partial charge in [0.25, 0.3) is 5.91 Å². The average Bonchev–Trinajstić information content (AvgIpc) is 3.22. The van der Waals surface area contributed by atoms with E-state index in [0.717, 1.165) is 18.6 Å². The zero-order chi connectivity index (χ0) is 19.9. The van der Waals surface area contributed by atoms with Crippen molar-refractivity contribution in [3.63, 3.8) is 0 Å². The molecule has 2 heterocycles. The highest BCUT2D eigenvalue weighted by molar-refractivity contribution is 5.97. The highest BCUT2D eigenvalue weighted by atomic mass is 16.5. The van der Waals surface area contributed by atoms with Gasteiger partial charge in [-0.05, 0) is 30.3 Å². The Morgan fingerprint density at radius 2 is 2.04 bits per heavy atom. The summed E-state index contributed by atoms with van der Waals surface area (Å²) in [7, 11) is 1.56. The molecule has 28 heavy (non-hydrogen) atoms. The second kappa shape index (κ2) is 9.30. The highest BCUT2D eigenvalue weighted by Crippen LogP contribution is 2.27. The molecule has 0 radical (unpaired) electrons. The van der Waals surface area contributed by atoms with Gasteiger partial charge in [-0.25, -0.2) is 0 Å². The van der Waals surface area contributed by atoms with E-state index in [-0.39, 0.29) is 17.9 Å². The van der Waals surface area contributed by atoms with Crippen LogP contribution in [-0.2, 0) is 11.2 Å². The van der Waals surface area contributed by atoms with Gasteiger partial charge >= 0.3 is 0 Å². The van der Waals surface area contributed by atoms with Gasteiger partial charge in [-0.15, -0.1) is 0 Å². The Hall–Kier alpha value is -2.96. The lowest BCUT2D eigenvalue weighted by Gasteiger charge is -2.31. The lowest BCUT2D eigenvalue weighted by molar-refractivity contribution is -0.130. The van der Waals surface area contributed by atoms with Gasteiger partial charge < -0.3 is 24.1 Å². The molecule has 0 aliphatic carbocycles. The quantitative estimate of drug-likeness (QED) is 0.791. The molecule has 2 aromatic rings. The summed E-state index contributed by atoms with van der Waals surface area (Å²) >= 11 is 0. The third kappa shape index (κ3) is 5.06. The molecule has 1 aliphatic rings. The molecule has 1 saturated heterocycles. The van der Waals surface area contributed by atoms with E-state index < -0.39 is 0 Å². The summed E-state index contributed by atoms with van der Waals surface area (Å²) in [5.74, 6) is 1.80. The van der Waals surface area contributed by atoms with Crippen LogP contribution >= 0.6 is 0 Å². The van der Waals surface area contributed by atoms with Crippen LogP contribution in [-0.4, -0.2) is 49.6 Å². The number of ether oxygens (including phenoxy) is 2. The number of hydrogen-bond donors (Lipinski definition) is 1. The van der Waals surface area contributed by atoms with Crippen LogP contribution in [0.4, 0.5) is 0 Å². The number of hydrogen-bond acceptors (Lipinski definition) is 5. The molecule has 7 heteroatoms. The number of carbonyl (C=O) groups excluding carboxylic acids is 2. The van der Waals surface area contributed by atoms with Gasteiger partial charge in [0.2, 0.25) is 5.91 Å². The maximum Gasteiger partial charge on any atom is 0.255 e. The second-order valence-electron chi connectivity index (χ2n) is 6.77. The monoisotopic (exact) mass is 386 g/mol. The average molecular weight is 386 g/mol. The van der Waals surface area contributed by atoms with Crippen molar-refractivity contribution in [3.8, 4) is 11.5 Å². The molecular formula is C21H26N2O5. The van der Waals surface area contributed by atoms with Crippen molar-refractivity contribution in [1.82, 2.24) is 10.2 Å². The molecule has 1 aliphatic heterocycles. The summed E-state index contributed by atoms with van der Waals surface area (Å²) in [5, 5.41) is 2.90. The molecule has 2 amide bonds. The topological polar surface area (TPSA) is 81.0 Å². The SMILES string of the molecule is COc1ccc(OC2CCN(C(C)=O)CC2)c(C(=O)NCCc2ccco2)c1. The molecule has 0 saturated carbocycles. The molecule has 0 atom stereocenters. The summed E-state index contributed by atoms with van der Waals surface area (Å²) in [6.45, 7) is 3.37. The first-order valence-electron chi connectivity index (χ1n) is 9.47. The molecular weight excluding hydrogens is 360 g/mol. The van der Waals surface area contributed by atoms with Gasteiger partial charge in [-0.2, -0.15) is 0 Å². The van der Waals surface area contributed by atoms with E-state index in [1.807, 2.05) is 17.0 Å². The fourth-order valence-corrected chi connectivity index (χ4v) is 3.23. The van der Waals surface area contributed by atoms with Crippen molar-refractivity contribution < 1.29 is 23.5 Å². The number of methoxy groups -OCH3 is 1. The molecule has 1 aromatic heterocycles. The number of piperidine rings is 1. The fraction of sp³-hybridized carbons (Fsp3) is 0.429. The Bertz CT molecular complexity index is 795. The number of furan rings is 1. The first-order chi connectivity index (χ1) is 13.6. The van der Waals surface area contributed by atoms with Crippen LogP contribution < -0.4 is 14.8 Å². The highest BCUT2D eigenvalue weighted by Gasteiger charge is 2.24. The van der Waals surface area contributed by atoms with Crippen LogP contribution in [0.25, 0.3) is 0 Å². The maximum absolute atomic E-state index is 12.7. The second-order valence-corrected chi connectivity index (χ2v) is 6.77. The number of amides is 2. The van der Waals surface area contributed by atoms with Crippen molar-refractivity contribution in [1.29, 1.82) is 0 Å². The number of carbonyl (C=O) groups is 2. The van der Waals surface area contributed by atoms with Gasteiger partial charge in [0.15, 0.2) is 0 Å². The predicted molar refractivity (Wildman–Crippen MR) is 104 cm³/mol. The lowest BCUT2D eigenvalue weighted by Crippen LogP contribution is -2.40. The van der Waals surface area contributed by atoms with Gasteiger partial charge in [-0.3, -0.25) is 9.59 Å². The Morgan fingerprint density at radius 3 is 2.68 bits per heavy atom. The predicted octanol–water partition coefficient (Wildman–Crippen LogP) is 2.65. The van der Waals surface area contributed by atoms with E-state index in [0.29, 0.717) is 43.1 Å². The van der Waals surface area contributed by atoms with E-state index in [4.69, 9.17) is 13.9 Å². The molecule has 1 aromatic carbocycles. The minimum atomic E-state index is -0.221. The van der Waals surface area contributed by atoms with Crippen molar-refractivity contribution in [2.45, 2.75) is 32.3 Å². The minimum absolute atomic E-state index is 0.0290. The van der Waals surface area contributed by atoms with Crippen LogP contribution in [0, 0.1) is 0 Å². The third-order valence-electron chi connectivity index (χ3n) is 4.85. The standard InChI is InChI=1S/C21H26N2O5/c1-15(24)23-11-8-17(9-12-23)28-20-6-5-18(26-2)14-19(20)21(25)22-10-7-16-4-3-13-27-16/h3-6,13-14,17H,7-12H2,1-2H3,(H,22,25). The molecule has 0 bridgehead atoms. The van der Waals surface area contributed by atoms with Crippen molar-refractivity contribution >= 4 is 11.8 Å². The van der Waals surface area contributed by atoms with Crippen LogP contribution in [0.5, 0.6) is 11.5 Å². The summed E-state index contributed by atoms with van der Waals surface area (Å²) < 4.78 is 16.7. The third-order valence-corrected chi connectivity index (χ3v) is 4.85. The molecule has 150 valence electrons. The zero-order valence-electron chi connectivity index (χ0n) is 16.3. The smallest absolute Gasteiger partial charge is 0.255 e. The van der Waals surface area contributed by atoms with Crippen LogP contribution in [0.3, 0.4) is 0 Å². The first kappa shape index (κ1) is 19.8. The molecule has 0 spiro atoms. The van der Waals surface area contributed by atoms with Gasteiger partial charge in [-0.1, -0.05) is 0 Å². The van der Waals surface area contributed by atoms with Crippen molar-refractivity contribution in [2.75, 3.05) is 26.7 Å². The van der Waals surface area contributed by atoms with Gasteiger partial charge in [0, 0.05) is 45.8 Å². The number of likely N-dealkylation sites (tertiary alicyclic amines) is 1. The summed E-state index contributed by atoms with van der Waals surface area (Å²) in [4.78, 5) is 26.0. The minimum Gasteiger partial charge on any atom is -0.497 e. The normalized spacial score (nSPS) is 14.6. The molecule has 1 N–H and O–H groups in total. The number of benzene rings is 1. The summed E-state index contributed by atoms with van der Waals surface area (Å²) in [5.41, 5.74) is 0.438. The zero-order valence-corrected chi connectivity index (χ0v) is 16.3. The van der Waals surface area contributed by atoms with E-state index in [1.54, 1.807) is 38.5 Å². The Morgan fingerprint density at radius 1 is 1.25 bits per heavy atom. The van der Waals surface area contributed by atoms with Crippen LogP contribution in [0.15, 0.2) is 41.0 Å². The molecule has 1 fully saturated rings. The lowest BCUT2D eigenvalue weighted by atomic mass is 10.1. The molecule has 7 nitrogen and oxygen atoms in total. The van der Waals surface area contributed by atoms with Gasteiger partial charge in [0.05, 0.1) is 18.9 Å².